The maximum Gasteiger partial charge on any atom is 0.340 e. The molecule has 0 spiro atoms. The molecule has 8 nitrogen and oxygen atoms in total. The zero-order valence-corrected chi connectivity index (χ0v) is 18.1. The maximum absolute atomic E-state index is 13.1. The normalized spacial score (nSPS) is 12.2. The van der Waals surface area contributed by atoms with Crippen LogP contribution in [0.4, 0.5) is 0 Å². The van der Waals surface area contributed by atoms with E-state index >= 15 is 0 Å². The second-order valence-corrected chi connectivity index (χ2v) is 8.01. The van der Waals surface area contributed by atoms with Gasteiger partial charge in [0.1, 0.15) is 6.33 Å². The number of hydrogen-bond donors (Lipinski definition) is 0. The number of aromatic nitrogens is 4. The average Bonchev–Trinajstić information content (AvgIpc) is 3.24. The molecule has 0 N–H and O–H groups in total. The van der Waals surface area contributed by atoms with Crippen LogP contribution in [0.2, 0.25) is 0 Å². The summed E-state index contributed by atoms with van der Waals surface area (Å²) in [6, 6.07) is 17.8. The van der Waals surface area contributed by atoms with Crippen molar-refractivity contribution >= 4 is 17.1 Å². The van der Waals surface area contributed by atoms with Crippen molar-refractivity contribution in [3.63, 3.8) is 0 Å². The van der Waals surface area contributed by atoms with E-state index in [2.05, 4.69) is 4.98 Å². The number of carbonyl (C=O) groups is 1. The number of carbonyl (C=O) groups excluding carboxylic acids is 1. The lowest BCUT2D eigenvalue weighted by Gasteiger charge is -2.21. The van der Waals surface area contributed by atoms with Crippen molar-refractivity contribution in [2.24, 2.45) is 13.0 Å². The van der Waals surface area contributed by atoms with Crippen LogP contribution in [0, 0.1) is 5.92 Å². The minimum Gasteiger partial charge on any atom is -0.433 e. The van der Waals surface area contributed by atoms with Gasteiger partial charge in [-0.15, -0.1) is 0 Å². The van der Waals surface area contributed by atoms with Gasteiger partial charge >= 0.3 is 11.7 Å². The molecular weight excluding hydrogens is 408 g/mol. The number of rotatable bonds is 6. The third-order valence-electron chi connectivity index (χ3n) is 5.17. The summed E-state index contributed by atoms with van der Waals surface area (Å²) in [7, 11) is 1.44. The summed E-state index contributed by atoms with van der Waals surface area (Å²) in [6.07, 6.45) is 0.504. The molecule has 0 saturated heterocycles. The fourth-order valence-corrected chi connectivity index (χ4v) is 3.63. The first-order chi connectivity index (χ1) is 15.4. The van der Waals surface area contributed by atoms with E-state index in [1.807, 2.05) is 50.2 Å². The molecular formula is C24H24N4O4. The van der Waals surface area contributed by atoms with Gasteiger partial charge in [-0.25, -0.2) is 14.6 Å². The van der Waals surface area contributed by atoms with Crippen LogP contribution in [0.15, 0.2) is 76.6 Å². The smallest absolute Gasteiger partial charge is 0.340 e. The highest BCUT2D eigenvalue weighted by atomic mass is 16.6. The van der Waals surface area contributed by atoms with Crippen LogP contribution in [-0.4, -0.2) is 24.7 Å². The molecule has 0 aliphatic rings. The molecule has 0 radical (unpaired) electrons. The third-order valence-corrected chi connectivity index (χ3v) is 5.17. The Morgan fingerprint density at radius 1 is 1.00 bits per heavy atom. The van der Waals surface area contributed by atoms with Gasteiger partial charge < -0.3 is 4.74 Å². The van der Waals surface area contributed by atoms with E-state index in [0.29, 0.717) is 17.7 Å². The summed E-state index contributed by atoms with van der Waals surface area (Å²) in [6.45, 7) is 4.36. The van der Waals surface area contributed by atoms with Crippen molar-refractivity contribution in [1.29, 1.82) is 0 Å². The summed E-state index contributed by atoms with van der Waals surface area (Å²) < 4.78 is 9.93. The number of benzene rings is 2. The zero-order chi connectivity index (χ0) is 22.8. The third kappa shape index (κ3) is 3.87. The molecule has 2 aromatic heterocycles. The molecule has 0 saturated carbocycles. The highest BCUT2D eigenvalue weighted by molar-refractivity contribution is 5.89. The number of hydrogen-bond acceptors (Lipinski definition) is 5. The van der Waals surface area contributed by atoms with E-state index in [-0.39, 0.29) is 17.1 Å². The predicted molar refractivity (Wildman–Crippen MR) is 121 cm³/mol. The molecule has 0 aliphatic carbocycles. The Morgan fingerprint density at radius 2 is 1.62 bits per heavy atom. The van der Waals surface area contributed by atoms with Crippen molar-refractivity contribution in [1.82, 2.24) is 18.7 Å². The van der Waals surface area contributed by atoms with Gasteiger partial charge in [-0.3, -0.25) is 18.5 Å². The van der Waals surface area contributed by atoms with E-state index in [1.165, 1.54) is 22.5 Å². The monoisotopic (exact) mass is 432 g/mol. The van der Waals surface area contributed by atoms with E-state index in [1.54, 1.807) is 24.3 Å². The molecule has 0 amide bonds. The largest absolute Gasteiger partial charge is 0.433 e. The number of ether oxygens (including phenoxy) is 1. The molecule has 2 aromatic carbocycles. The van der Waals surface area contributed by atoms with Gasteiger partial charge in [0.05, 0.1) is 5.56 Å². The fraction of sp³-hybridized carbons (Fsp3) is 0.250. The first kappa shape index (κ1) is 21.3. The van der Waals surface area contributed by atoms with E-state index in [9.17, 15) is 14.4 Å². The van der Waals surface area contributed by atoms with Gasteiger partial charge in [-0.1, -0.05) is 62.4 Å². The summed E-state index contributed by atoms with van der Waals surface area (Å²) in [5.41, 5.74) is 0.589. The zero-order valence-electron chi connectivity index (χ0n) is 18.1. The lowest BCUT2D eigenvalue weighted by atomic mass is 10.2. The quantitative estimate of drug-likeness (QED) is 0.437. The predicted octanol–water partition coefficient (Wildman–Crippen LogP) is 2.96. The Kier molecular flexibility index (Phi) is 5.77. The molecule has 8 heteroatoms. The molecule has 1 atom stereocenters. The molecule has 4 rings (SSSR count). The van der Waals surface area contributed by atoms with Crippen molar-refractivity contribution in [2.75, 3.05) is 0 Å². The summed E-state index contributed by atoms with van der Waals surface area (Å²) in [4.78, 5) is 43.1. The Bertz CT molecular complexity index is 1370. The first-order valence-electron chi connectivity index (χ1n) is 10.4. The van der Waals surface area contributed by atoms with Gasteiger partial charge in [-0.05, 0) is 18.1 Å². The number of nitrogens with zero attached hydrogens (tertiary/aromatic N) is 4. The van der Waals surface area contributed by atoms with Crippen LogP contribution in [0.25, 0.3) is 11.2 Å². The Balaban J connectivity index is 1.91. The molecule has 32 heavy (non-hydrogen) atoms. The van der Waals surface area contributed by atoms with Gasteiger partial charge in [0.25, 0.3) is 5.56 Å². The summed E-state index contributed by atoms with van der Waals surface area (Å²) in [5.74, 6) is -0.368. The summed E-state index contributed by atoms with van der Waals surface area (Å²) >= 11 is 0. The molecule has 2 heterocycles. The minimum absolute atomic E-state index is 0.166. The first-order valence-corrected chi connectivity index (χ1v) is 10.4. The van der Waals surface area contributed by atoms with Crippen LogP contribution >= 0.6 is 0 Å². The van der Waals surface area contributed by atoms with E-state index in [4.69, 9.17) is 4.74 Å². The second kappa shape index (κ2) is 8.66. The highest BCUT2D eigenvalue weighted by Crippen LogP contribution is 2.24. The molecule has 0 fully saturated rings. The lowest BCUT2D eigenvalue weighted by Crippen LogP contribution is -2.39. The second-order valence-electron chi connectivity index (χ2n) is 8.01. The molecule has 1 unspecified atom stereocenters. The number of fused-ring (bicyclic) bond motifs is 1. The molecule has 0 aliphatic heterocycles. The Hall–Kier alpha value is -3.94. The number of esters is 1. The molecule has 164 valence electrons. The van der Waals surface area contributed by atoms with Crippen LogP contribution in [-0.2, 0) is 18.3 Å². The average molecular weight is 432 g/mol. The lowest BCUT2D eigenvalue weighted by molar-refractivity contribution is 0.0232. The number of imidazole rings is 1. The minimum atomic E-state index is -0.938. The Labute approximate surface area is 184 Å². The van der Waals surface area contributed by atoms with Gasteiger partial charge in [0.2, 0.25) is 6.23 Å². The van der Waals surface area contributed by atoms with Crippen LogP contribution in [0.5, 0.6) is 0 Å². The van der Waals surface area contributed by atoms with Crippen LogP contribution in [0.1, 0.15) is 36.0 Å². The van der Waals surface area contributed by atoms with Crippen molar-refractivity contribution in [3.8, 4) is 0 Å². The molecule has 4 aromatic rings. The SMILES string of the molecule is CC(C)Cn1c(=O)n(C)c(=O)c2c1ncn2C(OC(=O)c1ccccc1)c1ccccc1. The van der Waals surface area contributed by atoms with Crippen molar-refractivity contribution in [3.05, 3.63) is 99.0 Å². The topological polar surface area (TPSA) is 88.1 Å². The van der Waals surface area contributed by atoms with E-state index in [0.717, 1.165) is 4.57 Å². The van der Waals surface area contributed by atoms with Crippen molar-refractivity contribution < 1.29 is 9.53 Å². The standard InChI is InChI=1S/C24H24N4O4/c1-16(2)14-27-20-19(21(29)26(3)24(27)31)28(15-25-20)22(17-10-6-4-7-11-17)32-23(30)18-12-8-5-9-13-18/h4-13,15-16,22H,14H2,1-3H3. The fourth-order valence-electron chi connectivity index (χ4n) is 3.63. The molecule has 0 bridgehead atoms. The van der Waals surface area contributed by atoms with Gasteiger partial charge in [-0.2, -0.15) is 0 Å². The van der Waals surface area contributed by atoms with Crippen LogP contribution < -0.4 is 11.2 Å². The summed E-state index contributed by atoms with van der Waals surface area (Å²) in [5, 5.41) is 0. The van der Waals surface area contributed by atoms with Gasteiger partial charge in [0, 0.05) is 19.2 Å². The van der Waals surface area contributed by atoms with Crippen molar-refractivity contribution in [2.45, 2.75) is 26.6 Å². The van der Waals surface area contributed by atoms with Crippen LogP contribution in [0.3, 0.4) is 0 Å². The maximum atomic E-state index is 13.1. The Morgan fingerprint density at radius 3 is 2.25 bits per heavy atom. The van der Waals surface area contributed by atoms with E-state index < -0.39 is 23.4 Å². The van der Waals surface area contributed by atoms with Gasteiger partial charge in [0.15, 0.2) is 11.2 Å². The highest BCUT2D eigenvalue weighted by Gasteiger charge is 2.25.